The molecule has 4 heteroatoms. The quantitative estimate of drug-likeness (QED) is 0.768. The van der Waals surface area contributed by atoms with Crippen LogP contribution >= 0.6 is 11.6 Å². The molecule has 0 atom stereocenters. The van der Waals surface area contributed by atoms with E-state index in [0.29, 0.717) is 5.75 Å². The second-order valence-electron chi connectivity index (χ2n) is 3.59. The number of hydrogen-bond acceptors (Lipinski definition) is 3. The van der Waals surface area contributed by atoms with Gasteiger partial charge >= 0.3 is 5.43 Å². The summed E-state index contributed by atoms with van der Waals surface area (Å²) in [4.78, 5) is 10.5. The van der Waals surface area contributed by atoms with Gasteiger partial charge in [-0.3, -0.25) is 0 Å². The minimum atomic E-state index is -0.815. The van der Waals surface area contributed by atoms with Gasteiger partial charge in [0.05, 0.1) is 0 Å². The normalized spacial score (nSPS) is 9.83. The third-order valence-electron chi connectivity index (χ3n) is 2.23. The van der Waals surface area contributed by atoms with Crippen molar-refractivity contribution < 1.29 is 14.3 Å². The van der Waals surface area contributed by atoms with Gasteiger partial charge in [0.15, 0.2) is 0 Å². The Labute approximate surface area is 110 Å². The van der Waals surface area contributed by atoms with Crippen molar-refractivity contribution in [3.05, 3.63) is 60.2 Å². The first kappa shape index (κ1) is 12.5. The van der Waals surface area contributed by atoms with E-state index in [1.807, 2.05) is 48.5 Å². The largest absolute Gasteiger partial charge is 0.457 e. The molecule has 0 unspecified atom stereocenters. The van der Waals surface area contributed by atoms with Crippen LogP contribution in [0.4, 0.5) is 4.79 Å². The molecule has 92 valence electrons. The van der Waals surface area contributed by atoms with Crippen LogP contribution in [-0.2, 0) is 11.3 Å². The van der Waals surface area contributed by atoms with Gasteiger partial charge in [0.2, 0.25) is 0 Å². The first-order chi connectivity index (χ1) is 8.74. The minimum Gasteiger partial charge on any atom is -0.457 e. The second kappa shape index (κ2) is 6.07. The smallest absolute Gasteiger partial charge is 0.404 e. The summed E-state index contributed by atoms with van der Waals surface area (Å²) in [5.41, 5.74) is 0.00168. The number of carbonyl (C=O) groups excluding carboxylic acids is 1. The van der Waals surface area contributed by atoms with Gasteiger partial charge < -0.3 is 9.47 Å². The van der Waals surface area contributed by atoms with Crippen LogP contribution in [0.15, 0.2) is 54.6 Å². The van der Waals surface area contributed by atoms with Gasteiger partial charge in [-0.1, -0.05) is 30.3 Å². The van der Waals surface area contributed by atoms with Crippen LogP contribution in [0.5, 0.6) is 11.5 Å². The van der Waals surface area contributed by atoms with E-state index in [1.165, 1.54) is 0 Å². The zero-order chi connectivity index (χ0) is 12.8. The van der Waals surface area contributed by atoms with Gasteiger partial charge in [0, 0.05) is 11.6 Å². The fourth-order valence-corrected chi connectivity index (χ4v) is 1.52. The summed E-state index contributed by atoms with van der Waals surface area (Å²) in [6, 6.07) is 16.7. The average molecular weight is 263 g/mol. The predicted octanol–water partition coefficient (Wildman–Crippen LogP) is 4.35. The highest BCUT2D eigenvalue weighted by Crippen LogP contribution is 2.22. The molecule has 2 aromatic carbocycles. The summed E-state index contributed by atoms with van der Waals surface area (Å²) in [5.74, 6) is 1.44. The lowest BCUT2D eigenvalue weighted by molar-refractivity contribution is 0.167. The SMILES string of the molecule is O=C(Cl)OCc1cccc(Oc2ccccc2)c1. The third-order valence-corrected chi connectivity index (χ3v) is 2.34. The first-order valence-electron chi connectivity index (χ1n) is 5.38. The number of benzene rings is 2. The number of carbonyl (C=O) groups is 1. The second-order valence-corrected chi connectivity index (χ2v) is 3.90. The Morgan fingerprint density at radius 1 is 1.00 bits per heavy atom. The fourth-order valence-electron chi connectivity index (χ4n) is 1.46. The molecule has 0 spiro atoms. The fraction of sp³-hybridized carbons (Fsp3) is 0.0714. The molecule has 0 N–H and O–H groups in total. The molecule has 0 amide bonds. The van der Waals surface area contributed by atoms with Crippen molar-refractivity contribution in [2.45, 2.75) is 6.61 Å². The number of ether oxygens (including phenoxy) is 2. The van der Waals surface area contributed by atoms with Crippen LogP contribution in [0.25, 0.3) is 0 Å². The Kier molecular flexibility index (Phi) is 4.20. The molecule has 2 rings (SSSR count). The number of para-hydroxylation sites is 1. The van der Waals surface area contributed by atoms with E-state index in [0.717, 1.165) is 11.3 Å². The number of halogens is 1. The molecular weight excluding hydrogens is 252 g/mol. The highest BCUT2D eigenvalue weighted by molar-refractivity contribution is 6.61. The zero-order valence-corrected chi connectivity index (χ0v) is 10.3. The highest BCUT2D eigenvalue weighted by Gasteiger charge is 2.01. The first-order valence-corrected chi connectivity index (χ1v) is 5.76. The molecule has 3 nitrogen and oxygen atoms in total. The van der Waals surface area contributed by atoms with Crippen molar-refractivity contribution in [1.82, 2.24) is 0 Å². The molecule has 0 radical (unpaired) electrons. The van der Waals surface area contributed by atoms with E-state index in [1.54, 1.807) is 6.07 Å². The summed E-state index contributed by atoms with van der Waals surface area (Å²) in [5, 5.41) is 0. The number of hydrogen-bond donors (Lipinski definition) is 0. The van der Waals surface area contributed by atoms with Gasteiger partial charge in [-0.15, -0.1) is 0 Å². The summed E-state index contributed by atoms with van der Waals surface area (Å²) < 4.78 is 10.4. The van der Waals surface area contributed by atoms with Crippen LogP contribution in [-0.4, -0.2) is 5.43 Å². The summed E-state index contributed by atoms with van der Waals surface area (Å²) >= 11 is 5.10. The Balaban J connectivity index is 2.05. The van der Waals surface area contributed by atoms with E-state index in [9.17, 15) is 4.79 Å². The third kappa shape index (κ3) is 3.79. The predicted molar refractivity (Wildman–Crippen MR) is 69.0 cm³/mol. The molecule has 0 aliphatic heterocycles. The van der Waals surface area contributed by atoms with Crippen molar-refractivity contribution in [3.8, 4) is 11.5 Å². The van der Waals surface area contributed by atoms with Crippen molar-refractivity contribution >= 4 is 17.0 Å². The van der Waals surface area contributed by atoms with Crippen LogP contribution < -0.4 is 4.74 Å². The van der Waals surface area contributed by atoms with E-state index in [4.69, 9.17) is 21.1 Å². The maximum atomic E-state index is 10.5. The van der Waals surface area contributed by atoms with Gasteiger partial charge in [-0.2, -0.15) is 0 Å². The van der Waals surface area contributed by atoms with Crippen LogP contribution in [0, 0.1) is 0 Å². The molecule has 0 aliphatic carbocycles. The molecule has 2 aromatic rings. The summed E-state index contributed by atoms with van der Waals surface area (Å²) in [6.45, 7) is 0.133. The van der Waals surface area contributed by atoms with Crippen LogP contribution in [0.2, 0.25) is 0 Å². The Morgan fingerprint density at radius 3 is 2.44 bits per heavy atom. The molecule has 0 aromatic heterocycles. The van der Waals surface area contributed by atoms with E-state index in [2.05, 4.69) is 0 Å². The molecule has 0 heterocycles. The van der Waals surface area contributed by atoms with Crippen molar-refractivity contribution in [2.75, 3.05) is 0 Å². The van der Waals surface area contributed by atoms with Crippen LogP contribution in [0.3, 0.4) is 0 Å². The Bertz CT molecular complexity index is 526. The van der Waals surface area contributed by atoms with E-state index >= 15 is 0 Å². The maximum Gasteiger partial charge on any atom is 0.404 e. The lowest BCUT2D eigenvalue weighted by atomic mass is 10.2. The maximum absolute atomic E-state index is 10.5. The van der Waals surface area contributed by atoms with Gasteiger partial charge in [0.25, 0.3) is 0 Å². The highest BCUT2D eigenvalue weighted by atomic mass is 35.5. The zero-order valence-electron chi connectivity index (χ0n) is 9.51. The summed E-state index contributed by atoms with van der Waals surface area (Å²) in [6.07, 6.45) is 0. The molecule has 0 aliphatic rings. The van der Waals surface area contributed by atoms with Gasteiger partial charge in [-0.25, -0.2) is 4.79 Å². The molecule has 0 bridgehead atoms. The topological polar surface area (TPSA) is 35.5 Å². The van der Waals surface area contributed by atoms with Crippen molar-refractivity contribution in [1.29, 1.82) is 0 Å². The minimum absolute atomic E-state index is 0.133. The van der Waals surface area contributed by atoms with Crippen LogP contribution in [0.1, 0.15) is 5.56 Å². The number of rotatable bonds is 4. The molecule has 0 saturated heterocycles. The Morgan fingerprint density at radius 2 is 1.72 bits per heavy atom. The van der Waals surface area contributed by atoms with E-state index < -0.39 is 5.43 Å². The lowest BCUT2D eigenvalue weighted by Gasteiger charge is -2.07. The average Bonchev–Trinajstić information content (AvgIpc) is 2.38. The Hall–Kier alpha value is -2.00. The molecule has 0 fully saturated rings. The van der Waals surface area contributed by atoms with E-state index in [-0.39, 0.29) is 6.61 Å². The molecule has 18 heavy (non-hydrogen) atoms. The van der Waals surface area contributed by atoms with Crippen molar-refractivity contribution in [3.63, 3.8) is 0 Å². The molecular formula is C14H11ClO3. The summed E-state index contributed by atoms with van der Waals surface area (Å²) in [7, 11) is 0. The lowest BCUT2D eigenvalue weighted by Crippen LogP contribution is -1.95. The van der Waals surface area contributed by atoms with Gasteiger partial charge in [-0.05, 0) is 29.8 Å². The monoisotopic (exact) mass is 262 g/mol. The standard InChI is InChI=1S/C14H11ClO3/c15-14(16)17-10-11-5-4-8-13(9-11)18-12-6-2-1-3-7-12/h1-9H,10H2. The van der Waals surface area contributed by atoms with Gasteiger partial charge in [0.1, 0.15) is 18.1 Å². The molecule has 0 saturated carbocycles. The van der Waals surface area contributed by atoms with Crippen molar-refractivity contribution in [2.24, 2.45) is 0 Å².